The van der Waals surface area contributed by atoms with Gasteiger partial charge >= 0.3 is 0 Å². The van der Waals surface area contributed by atoms with Crippen molar-refractivity contribution >= 4 is 43.6 Å². The Morgan fingerprint density at radius 1 is 0.423 bits per heavy atom. The molecule has 10 rings (SSSR count). The Bertz CT molecular complexity index is 2930. The van der Waals surface area contributed by atoms with E-state index in [0.29, 0.717) is 11.4 Å². The molecule has 0 aliphatic carbocycles. The fourth-order valence-corrected chi connectivity index (χ4v) is 7.59. The molecule has 7 aromatic carbocycles. The third kappa shape index (κ3) is 4.70. The average molecular weight is 664 g/mol. The van der Waals surface area contributed by atoms with Crippen LogP contribution >= 0.6 is 0 Å². The third-order valence-corrected chi connectivity index (χ3v) is 9.97. The first-order valence-corrected chi connectivity index (χ1v) is 17.3. The van der Waals surface area contributed by atoms with Gasteiger partial charge < -0.3 is 9.13 Å². The molecule has 0 radical (unpaired) electrons. The van der Waals surface area contributed by atoms with Gasteiger partial charge in [0.2, 0.25) is 0 Å². The summed E-state index contributed by atoms with van der Waals surface area (Å²) in [7, 11) is 0. The highest BCUT2D eigenvalue weighted by atomic mass is 15.0. The van der Waals surface area contributed by atoms with Crippen LogP contribution in [-0.2, 0) is 0 Å². The maximum atomic E-state index is 9.46. The van der Waals surface area contributed by atoms with E-state index in [1.165, 1.54) is 21.5 Å². The van der Waals surface area contributed by atoms with E-state index in [0.717, 1.165) is 61.5 Å². The highest BCUT2D eigenvalue weighted by Crippen LogP contribution is 2.42. The van der Waals surface area contributed by atoms with Crippen LogP contribution in [0.25, 0.3) is 88.9 Å². The summed E-state index contributed by atoms with van der Waals surface area (Å²) in [6.45, 7) is 0. The fraction of sp³-hybridized carbons (Fsp3) is 0. The molecule has 0 unspecified atom stereocenters. The van der Waals surface area contributed by atoms with Crippen LogP contribution in [0.1, 0.15) is 5.56 Å². The number of nitriles is 1. The van der Waals surface area contributed by atoms with Crippen molar-refractivity contribution < 1.29 is 0 Å². The number of rotatable bonds is 5. The van der Waals surface area contributed by atoms with E-state index in [4.69, 9.17) is 9.97 Å². The Balaban J connectivity index is 1.19. The largest absolute Gasteiger partial charge is 0.309 e. The van der Waals surface area contributed by atoms with Crippen molar-refractivity contribution in [2.75, 3.05) is 0 Å². The molecule has 0 bridgehead atoms. The monoisotopic (exact) mass is 663 g/mol. The van der Waals surface area contributed by atoms with Crippen LogP contribution in [0, 0.1) is 11.3 Å². The van der Waals surface area contributed by atoms with Gasteiger partial charge in [-0.3, -0.25) is 0 Å². The Morgan fingerprint density at radius 2 is 0.962 bits per heavy atom. The zero-order valence-electron chi connectivity index (χ0n) is 28.0. The maximum Gasteiger partial charge on any atom is 0.160 e. The lowest BCUT2D eigenvalue weighted by atomic mass is 10.1. The molecule has 5 nitrogen and oxygen atoms in total. The standard InChI is InChI=1S/C47H29N5/c48-30-31-19-23-35(24-20-31)51-43-18-10-8-16-39(43)45-44(51)28-27-38-37-15-7-9-17-42(37)52(46(38)45)36-25-21-33(22-26-36)41-29-40(32-11-3-1-4-12-32)49-47(50-41)34-13-5-2-6-14-34/h1-29H. The van der Waals surface area contributed by atoms with Crippen LogP contribution in [0.15, 0.2) is 176 Å². The summed E-state index contributed by atoms with van der Waals surface area (Å²) < 4.78 is 4.71. The van der Waals surface area contributed by atoms with E-state index in [1.54, 1.807) is 0 Å². The van der Waals surface area contributed by atoms with Crippen molar-refractivity contribution in [1.82, 2.24) is 19.1 Å². The van der Waals surface area contributed by atoms with E-state index in [9.17, 15) is 5.26 Å². The first-order chi connectivity index (χ1) is 25.7. The first-order valence-electron chi connectivity index (χ1n) is 17.3. The molecule has 0 saturated heterocycles. The average Bonchev–Trinajstić information content (AvgIpc) is 3.74. The molecule has 0 N–H and O–H groups in total. The molecule has 5 heteroatoms. The SMILES string of the molecule is N#Cc1ccc(-n2c3ccccc3c3c2ccc2c4ccccc4n(-c4ccc(-c5cc(-c6ccccc6)nc(-c6ccccc6)n5)cc4)c23)cc1. The molecule has 0 fully saturated rings. The van der Waals surface area contributed by atoms with E-state index >= 15 is 0 Å². The molecular formula is C47H29N5. The number of fused-ring (bicyclic) bond motifs is 7. The quantitative estimate of drug-likeness (QED) is 0.184. The normalized spacial score (nSPS) is 11.4. The van der Waals surface area contributed by atoms with Gasteiger partial charge in [-0.2, -0.15) is 5.26 Å². The number of hydrogen-bond donors (Lipinski definition) is 0. The molecule has 0 spiro atoms. The smallest absolute Gasteiger partial charge is 0.160 e. The van der Waals surface area contributed by atoms with Gasteiger partial charge in [0.05, 0.1) is 45.1 Å². The maximum absolute atomic E-state index is 9.46. The second-order valence-corrected chi connectivity index (χ2v) is 13.0. The van der Waals surface area contributed by atoms with Gasteiger partial charge in [-0.05, 0) is 60.7 Å². The van der Waals surface area contributed by atoms with Crippen molar-refractivity contribution in [3.63, 3.8) is 0 Å². The minimum Gasteiger partial charge on any atom is -0.309 e. The summed E-state index contributed by atoms with van der Waals surface area (Å²) >= 11 is 0. The van der Waals surface area contributed by atoms with Crippen LogP contribution in [0.2, 0.25) is 0 Å². The van der Waals surface area contributed by atoms with Crippen LogP contribution in [0.5, 0.6) is 0 Å². The summed E-state index contributed by atoms with van der Waals surface area (Å²) in [6, 6.07) is 63.1. The van der Waals surface area contributed by atoms with Gasteiger partial charge in [0, 0.05) is 49.6 Å². The Kier molecular flexibility index (Phi) is 6.80. The minimum atomic E-state index is 0.644. The summed E-state index contributed by atoms with van der Waals surface area (Å²) in [5.41, 5.74) is 12.1. The van der Waals surface area contributed by atoms with Crippen molar-refractivity contribution in [2.24, 2.45) is 0 Å². The Morgan fingerprint density at radius 3 is 1.63 bits per heavy atom. The zero-order chi connectivity index (χ0) is 34.6. The predicted molar refractivity (Wildman–Crippen MR) is 212 cm³/mol. The highest BCUT2D eigenvalue weighted by molar-refractivity contribution is 6.26. The minimum absolute atomic E-state index is 0.644. The van der Waals surface area contributed by atoms with Crippen LogP contribution in [0.3, 0.4) is 0 Å². The van der Waals surface area contributed by atoms with E-state index in [1.807, 2.05) is 60.7 Å². The van der Waals surface area contributed by atoms with Gasteiger partial charge in [0.25, 0.3) is 0 Å². The Labute approximate surface area is 299 Å². The van der Waals surface area contributed by atoms with E-state index < -0.39 is 0 Å². The second kappa shape index (κ2) is 11.9. The Hall–Kier alpha value is -7.29. The molecule has 0 saturated carbocycles. The molecule has 10 aromatic rings. The van der Waals surface area contributed by atoms with Gasteiger partial charge in [-0.1, -0.05) is 115 Å². The van der Waals surface area contributed by atoms with Crippen LogP contribution in [0.4, 0.5) is 0 Å². The number of para-hydroxylation sites is 2. The molecule has 0 aliphatic heterocycles. The lowest BCUT2D eigenvalue weighted by Crippen LogP contribution is -1.97. The highest BCUT2D eigenvalue weighted by Gasteiger charge is 2.21. The van der Waals surface area contributed by atoms with Gasteiger partial charge in [-0.25, -0.2) is 9.97 Å². The third-order valence-electron chi connectivity index (χ3n) is 9.97. The van der Waals surface area contributed by atoms with Crippen LogP contribution < -0.4 is 0 Å². The van der Waals surface area contributed by atoms with Gasteiger partial charge in [0.15, 0.2) is 5.82 Å². The summed E-state index contributed by atoms with van der Waals surface area (Å²) in [6.07, 6.45) is 0. The number of hydrogen-bond acceptors (Lipinski definition) is 3. The molecule has 0 aliphatic rings. The van der Waals surface area contributed by atoms with Gasteiger partial charge in [0.1, 0.15) is 0 Å². The molecule has 3 aromatic heterocycles. The molecule has 0 amide bonds. The summed E-state index contributed by atoms with van der Waals surface area (Å²) in [5, 5.41) is 14.2. The van der Waals surface area contributed by atoms with Crippen molar-refractivity contribution in [1.29, 1.82) is 5.26 Å². The lowest BCUT2D eigenvalue weighted by molar-refractivity contribution is 1.17. The molecule has 52 heavy (non-hydrogen) atoms. The number of nitrogens with zero attached hydrogens (tertiary/aromatic N) is 5. The second-order valence-electron chi connectivity index (χ2n) is 13.0. The van der Waals surface area contributed by atoms with Gasteiger partial charge in [-0.15, -0.1) is 0 Å². The van der Waals surface area contributed by atoms with E-state index in [-0.39, 0.29) is 0 Å². The topological polar surface area (TPSA) is 59.4 Å². The van der Waals surface area contributed by atoms with Crippen molar-refractivity contribution in [2.45, 2.75) is 0 Å². The molecular weight excluding hydrogens is 635 g/mol. The molecule has 3 heterocycles. The lowest BCUT2D eigenvalue weighted by Gasteiger charge is -2.12. The summed E-state index contributed by atoms with van der Waals surface area (Å²) in [4.78, 5) is 10.1. The van der Waals surface area contributed by atoms with Crippen molar-refractivity contribution in [3.05, 3.63) is 181 Å². The fourth-order valence-electron chi connectivity index (χ4n) is 7.59. The van der Waals surface area contributed by atoms with Crippen molar-refractivity contribution in [3.8, 4) is 51.3 Å². The first kappa shape index (κ1) is 29.6. The number of aromatic nitrogens is 4. The van der Waals surface area contributed by atoms with E-state index in [2.05, 4.69) is 130 Å². The molecule has 0 atom stereocenters. The molecule has 242 valence electrons. The summed E-state index contributed by atoms with van der Waals surface area (Å²) in [5.74, 6) is 0.699. The zero-order valence-corrected chi connectivity index (χ0v) is 28.0. The number of benzene rings is 7. The predicted octanol–water partition coefficient (Wildman–Crippen LogP) is 11.5. The van der Waals surface area contributed by atoms with Crippen LogP contribution in [-0.4, -0.2) is 19.1 Å².